The number of carbonyl (C=O) groups is 2. The average molecular weight is 518 g/mol. The lowest BCUT2D eigenvalue weighted by Crippen LogP contribution is -2.44. The molecule has 2 N–H and O–H groups in total. The van der Waals surface area contributed by atoms with Gasteiger partial charge in [-0.25, -0.2) is 0 Å². The van der Waals surface area contributed by atoms with Crippen LogP contribution < -0.4 is 10.6 Å². The Hall–Kier alpha value is -1.22. The molecule has 0 atom stereocenters. The van der Waals surface area contributed by atoms with Gasteiger partial charge in [-0.05, 0) is 19.8 Å². The predicted octanol–water partition coefficient (Wildman–Crippen LogP) is 5.89. The number of hydrogen-bond acceptors (Lipinski definition) is 6. The summed E-state index contributed by atoms with van der Waals surface area (Å²) in [5.41, 5.74) is 0. The predicted molar refractivity (Wildman–Crippen MR) is 160 cm³/mol. The topological polar surface area (TPSA) is 89.1 Å². The molecule has 2 amide bonds. The Balaban J connectivity index is -0.0000000943. The molecule has 35 heavy (non-hydrogen) atoms. The van der Waals surface area contributed by atoms with Crippen molar-refractivity contribution >= 4 is 11.8 Å². The molecule has 0 radical (unpaired) electrons. The first-order valence-electron chi connectivity index (χ1n) is 12.6. The number of hydrogen-bond donors (Lipinski definition) is 2. The van der Waals surface area contributed by atoms with Crippen LogP contribution in [0.3, 0.4) is 0 Å². The summed E-state index contributed by atoms with van der Waals surface area (Å²) in [4.78, 5) is 25.4. The fraction of sp³-hybridized carbons (Fsp3) is 0.926. The monoisotopic (exact) mass is 518 g/mol. The first-order valence-corrected chi connectivity index (χ1v) is 12.6. The Kier molecular flexibility index (Phi) is 72.0. The number of ether oxygens (including phenoxy) is 3. The number of carbonyl (C=O) groups excluding carboxylic acids is 2. The van der Waals surface area contributed by atoms with Gasteiger partial charge in [-0.15, -0.1) is 0 Å². The highest BCUT2D eigenvalue weighted by molar-refractivity contribution is 5.81. The minimum absolute atomic E-state index is 0. The fourth-order valence-corrected chi connectivity index (χ4v) is 2.07. The van der Waals surface area contributed by atoms with E-state index in [1.54, 1.807) is 4.90 Å². The van der Waals surface area contributed by atoms with Gasteiger partial charge in [0.1, 0.15) is 0 Å². The highest BCUT2D eigenvalue weighted by atomic mass is 16.5. The highest BCUT2D eigenvalue weighted by Gasteiger charge is 2.14. The van der Waals surface area contributed by atoms with Crippen LogP contribution in [-0.4, -0.2) is 89.1 Å². The Morgan fingerprint density at radius 3 is 1.43 bits per heavy atom. The molecule has 0 unspecified atom stereocenters. The van der Waals surface area contributed by atoms with Crippen molar-refractivity contribution in [2.45, 2.75) is 97.4 Å². The summed E-state index contributed by atoms with van der Waals surface area (Å²) >= 11 is 0. The smallest absolute Gasteiger partial charge is 0.234 e. The van der Waals surface area contributed by atoms with Crippen LogP contribution in [0, 0.1) is 0 Å². The van der Waals surface area contributed by atoms with Crippen molar-refractivity contribution in [2.24, 2.45) is 0 Å². The second kappa shape index (κ2) is 49.8. The minimum atomic E-state index is -0.0915. The zero-order valence-electron chi connectivity index (χ0n) is 22.7. The highest BCUT2D eigenvalue weighted by Crippen LogP contribution is 1.91. The van der Waals surface area contributed by atoms with E-state index in [9.17, 15) is 9.59 Å². The number of amides is 2. The van der Waals surface area contributed by atoms with Crippen LogP contribution >= 0.6 is 0 Å². The third-order valence-corrected chi connectivity index (χ3v) is 3.32. The molecule has 0 heterocycles. The van der Waals surface area contributed by atoms with E-state index in [2.05, 4.69) is 17.6 Å². The van der Waals surface area contributed by atoms with Crippen LogP contribution in [0.4, 0.5) is 0 Å². The molecule has 0 saturated heterocycles. The molecular weight excluding hydrogens is 446 g/mol. The van der Waals surface area contributed by atoms with Crippen molar-refractivity contribution in [3.63, 3.8) is 0 Å². The molecule has 0 aromatic heterocycles. The first-order chi connectivity index (χ1) is 15.6. The van der Waals surface area contributed by atoms with Crippen molar-refractivity contribution in [1.29, 1.82) is 0 Å². The van der Waals surface area contributed by atoms with Gasteiger partial charge in [0.05, 0.1) is 46.1 Å². The summed E-state index contributed by atoms with van der Waals surface area (Å²) in [7, 11) is 0. The lowest BCUT2D eigenvalue weighted by molar-refractivity contribution is -0.125. The van der Waals surface area contributed by atoms with Crippen molar-refractivity contribution in [3.8, 4) is 0 Å². The van der Waals surface area contributed by atoms with Gasteiger partial charge in [-0.3, -0.25) is 14.5 Å². The minimum Gasteiger partial charge on any atom is -0.379 e. The molecule has 8 nitrogen and oxygen atoms in total. The van der Waals surface area contributed by atoms with E-state index in [1.807, 2.05) is 55.4 Å². The van der Waals surface area contributed by atoms with Crippen LogP contribution in [-0.2, 0) is 23.8 Å². The molecule has 0 aliphatic heterocycles. The van der Waals surface area contributed by atoms with E-state index in [1.165, 1.54) is 0 Å². The van der Waals surface area contributed by atoms with Crippen molar-refractivity contribution in [1.82, 2.24) is 15.5 Å². The first kappa shape index (κ1) is 50.6. The second-order valence-electron chi connectivity index (χ2n) is 5.85. The number of likely N-dealkylation sites (N-methyl/N-ethyl adjacent to an activating group) is 1. The normalized spacial score (nSPS) is 8.63. The fourth-order valence-electron chi connectivity index (χ4n) is 2.07. The number of nitrogens with one attached hydrogen (secondary N) is 2. The summed E-state index contributed by atoms with van der Waals surface area (Å²) < 4.78 is 16.2. The van der Waals surface area contributed by atoms with Gasteiger partial charge in [0, 0.05) is 29.1 Å². The van der Waals surface area contributed by atoms with E-state index in [0.717, 1.165) is 19.4 Å². The lowest BCUT2D eigenvalue weighted by Gasteiger charge is -2.21. The molecule has 0 aromatic carbocycles. The van der Waals surface area contributed by atoms with Crippen molar-refractivity contribution in [3.05, 3.63) is 0 Å². The van der Waals surface area contributed by atoms with Gasteiger partial charge in [0.2, 0.25) is 11.8 Å². The van der Waals surface area contributed by atoms with E-state index in [-0.39, 0.29) is 50.0 Å². The standard InChI is InChI=1S/C18H37N3O5.3C2H6.3CH4.2H2/c1-4-7-20-18(23)16-21(15-17(22)19-6-3)8-10-25-12-14-26-13-11-24-9-5-2;3*1-2;;;;;/h4-16H2,1-3H3,(H,19,22)(H,20,23);3*1-2H3;3*1H4;2*1H. The summed E-state index contributed by atoms with van der Waals surface area (Å²) in [6.07, 6.45) is 1.89. The largest absolute Gasteiger partial charge is 0.379 e. The molecule has 0 bridgehead atoms. The van der Waals surface area contributed by atoms with Gasteiger partial charge in [0.25, 0.3) is 0 Å². The second-order valence-corrected chi connectivity index (χ2v) is 5.85. The summed E-state index contributed by atoms with van der Waals surface area (Å²) in [6, 6.07) is 0. The summed E-state index contributed by atoms with van der Waals surface area (Å²) in [5, 5.41) is 5.57. The van der Waals surface area contributed by atoms with Crippen molar-refractivity contribution in [2.75, 3.05) is 72.4 Å². The maximum Gasteiger partial charge on any atom is 0.234 e. The molecular formula is C27H71N3O5. The van der Waals surface area contributed by atoms with E-state index < -0.39 is 0 Å². The molecule has 0 saturated carbocycles. The van der Waals surface area contributed by atoms with E-state index in [4.69, 9.17) is 14.2 Å². The molecule has 8 heteroatoms. The zero-order chi connectivity index (χ0) is 25.5. The van der Waals surface area contributed by atoms with Gasteiger partial charge in [0.15, 0.2) is 0 Å². The summed E-state index contributed by atoms with van der Waals surface area (Å²) in [6.45, 7) is 23.4. The van der Waals surface area contributed by atoms with Gasteiger partial charge >= 0.3 is 0 Å². The summed E-state index contributed by atoms with van der Waals surface area (Å²) in [5.74, 6) is -0.169. The quantitative estimate of drug-likeness (QED) is 0.220. The molecule has 0 aromatic rings. The van der Waals surface area contributed by atoms with Crippen LogP contribution in [0.2, 0.25) is 0 Å². The van der Waals surface area contributed by atoms with Gasteiger partial charge in [-0.1, -0.05) is 77.7 Å². The molecule has 0 fully saturated rings. The molecule has 0 aliphatic rings. The third kappa shape index (κ3) is 46.7. The number of nitrogens with zero attached hydrogens (tertiary/aromatic N) is 1. The Morgan fingerprint density at radius 1 is 0.629 bits per heavy atom. The number of rotatable bonds is 18. The average Bonchev–Trinajstić information content (AvgIpc) is 2.83. The maximum atomic E-state index is 11.9. The molecule has 224 valence electrons. The molecule has 0 spiro atoms. The van der Waals surface area contributed by atoms with Crippen LogP contribution in [0.15, 0.2) is 0 Å². The Bertz CT molecular complexity index is 371. The third-order valence-electron chi connectivity index (χ3n) is 3.32. The van der Waals surface area contributed by atoms with E-state index >= 15 is 0 Å². The van der Waals surface area contributed by atoms with Gasteiger partial charge < -0.3 is 24.8 Å². The van der Waals surface area contributed by atoms with Gasteiger partial charge in [-0.2, -0.15) is 0 Å². The Morgan fingerprint density at radius 2 is 1.03 bits per heavy atom. The maximum absolute atomic E-state index is 11.9. The van der Waals surface area contributed by atoms with Crippen molar-refractivity contribution < 1.29 is 26.7 Å². The molecule has 0 rings (SSSR count). The SMILES string of the molecule is C.C.C.CC.CC.CC.CCCNC(=O)CN(CCOCCOCCOCCC)CC(=O)NCC.[HH].[HH]. The van der Waals surface area contributed by atoms with Crippen LogP contribution in [0.1, 0.15) is 100 Å². The van der Waals surface area contributed by atoms with Crippen LogP contribution in [0.5, 0.6) is 0 Å². The Labute approximate surface area is 224 Å². The van der Waals surface area contributed by atoms with E-state index in [0.29, 0.717) is 52.7 Å². The zero-order valence-corrected chi connectivity index (χ0v) is 22.7. The van der Waals surface area contributed by atoms with Crippen LogP contribution in [0.25, 0.3) is 0 Å². The lowest BCUT2D eigenvalue weighted by atomic mass is 10.4. The molecule has 0 aliphatic carbocycles.